The minimum Gasteiger partial charge on any atom is -0.411 e. The second kappa shape index (κ2) is 31.1. The Hall–Kier alpha value is 1.11. The molecule has 0 saturated heterocycles. The zero-order chi connectivity index (χ0) is 23.5. The van der Waals surface area contributed by atoms with Gasteiger partial charge >= 0.3 is 29.6 Å². The molecular weight excluding hydrogens is 449 g/mol. The van der Waals surface area contributed by atoms with E-state index in [1.54, 1.807) is 0 Å². The maximum atomic E-state index is 5.33. The molecule has 0 saturated carbocycles. The van der Waals surface area contributed by atoms with Gasteiger partial charge < -0.3 is 29.7 Å². The van der Waals surface area contributed by atoms with Gasteiger partial charge in [0.05, 0.1) is 0 Å². The minimum atomic E-state index is 0. The van der Waals surface area contributed by atoms with Crippen LogP contribution >= 0.6 is 12.2 Å². The van der Waals surface area contributed by atoms with E-state index in [-0.39, 0.29) is 29.6 Å². The molecule has 192 valence electrons. The molecule has 0 atom stereocenters. The second-order valence-corrected chi connectivity index (χ2v) is 11.1. The third kappa shape index (κ3) is 29.2. The van der Waals surface area contributed by atoms with Crippen molar-refractivity contribution in [2.24, 2.45) is 0 Å². The molecule has 0 aliphatic carbocycles. The van der Waals surface area contributed by atoms with Gasteiger partial charge in [-0.3, -0.25) is 0 Å². The van der Waals surface area contributed by atoms with Crippen LogP contribution < -0.4 is 29.6 Å². The topological polar surface area (TPSA) is 3.24 Å². The molecule has 0 spiro atoms. The Bertz CT molecular complexity index is 351. The minimum absolute atomic E-state index is 0. The second-order valence-electron chi connectivity index (χ2n) is 10.0. The molecule has 0 heterocycles. The Morgan fingerprint density at radius 2 is 0.667 bits per heavy atom. The summed E-state index contributed by atoms with van der Waals surface area (Å²) in [5, 5.41) is 0. The maximum Gasteiger partial charge on any atom is 1.00 e. The standard InChI is InChI=1S/C29H59NS2.Na/c1-3-5-7-9-11-13-15-17-19-21-23-25-27-30(29(31)32)28-26-24-22-20-18-16-14-12-10-8-6-4-2;/h3-28H2,1-2H3,(H,31,32);/q;+1/p-1. The van der Waals surface area contributed by atoms with Crippen molar-refractivity contribution in [3.8, 4) is 0 Å². The van der Waals surface area contributed by atoms with Gasteiger partial charge in [0.15, 0.2) is 0 Å². The molecule has 0 aliphatic rings. The van der Waals surface area contributed by atoms with E-state index in [1.807, 2.05) is 0 Å². The van der Waals surface area contributed by atoms with E-state index in [9.17, 15) is 0 Å². The van der Waals surface area contributed by atoms with Crippen molar-refractivity contribution in [3.63, 3.8) is 0 Å². The molecule has 0 rings (SSSR count). The summed E-state index contributed by atoms with van der Waals surface area (Å²) < 4.78 is 0.691. The summed E-state index contributed by atoms with van der Waals surface area (Å²) in [6, 6.07) is 0. The van der Waals surface area contributed by atoms with Crippen LogP contribution in [0.3, 0.4) is 0 Å². The fourth-order valence-corrected chi connectivity index (χ4v) is 4.95. The van der Waals surface area contributed by atoms with Gasteiger partial charge in [-0.1, -0.05) is 159 Å². The van der Waals surface area contributed by atoms with E-state index in [2.05, 4.69) is 18.7 Å². The zero-order valence-electron chi connectivity index (χ0n) is 23.1. The van der Waals surface area contributed by atoms with Crippen molar-refractivity contribution < 1.29 is 29.6 Å². The van der Waals surface area contributed by atoms with Gasteiger partial charge in [0.25, 0.3) is 0 Å². The van der Waals surface area contributed by atoms with E-state index < -0.39 is 0 Å². The summed E-state index contributed by atoms with van der Waals surface area (Å²) in [7, 11) is 0. The van der Waals surface area contributed by atoms with Crippen LogP contribution in [0.1, 0.15) is 168 Å². The van der Waals surface area contributed by atoms with E-state index in [4.69, 9.17) is 24.8 Å². The Balaban J connectivity index is 0. The number of rotatable bonds is 26. The summed E-state index contributed by atoms with van der Waals surface area (Å²) in [6.45, 7) is 6.75. The normalized spacial score (nSPS) is 10.8. The fourth-order valence-electron chi connectivity index (χ4n) is 4.58. The van der Waals surface area contributed by atoms with Gasteiger partial charge in [0.2, 0.25) is 0 Å². The van der Waals surface area contributed by atoms with Crippen molar-refractivity contribution >= 4 is 29.2 Å². The first-order valence-corrected chi connectivity index (χ1v) is 15.5. The van der Waals surface area contributed by atoms with Crippen LogP contribution in [0.25, 0.3) is 0 Å². The summed E-state index contributed by atoms with van der Waals surface area (Å²) in [6.07, 6.45) is 33.6. The van der Waals surface area contributed by atoms with Crippen molar-refractivity contribution in [1.82, 2.24) is 4.90 Å². The van der Waals surface area contributed by atoms with E-state index >= 15 is 0 Å². The molecule has 0 aromatic carbocycles. The summed E-state index contributed by atoms with van der Waals surface area (Å²) >= 11 is 10.7. The van der Waals surface area contributed by atoms with Crippen molar-refractivity contribution in [2.75, 3.05) is 13.1 Å². The van der Waals surface area contributed by atoms with Gasteiger partial charge in [-0.25, -0.2) is 0 Å². The van der Waals surface area contributed by atoms with Gasteiger partial charge in [-0.05, 0) is 12.8 Å². The molecule has 0 unspecified atom stereocenters. The molecule has 33 heavy (non-hydrogen) atoms. The first kappa shape index (κ1) is 36.3. The first-order chi connectivity index (χ1) is 15.7. The van der Waals surface area contributed by atoms with Gasteiger partial charge in [-0.2, -0.15) is 0 Å². The molecule has 0 N–H and O–H groups in total. The quantitative estimate of drug-likeness (QED) is 0.0515. The van der Waals surface area contributed by atoms with Crippen LogP contribution in [-0.4, -0.2) is 22.3 Å². The number of nitrogens with zero attached hydrogens (tertiary/aromatic N) is 1. The predicted octanol–water partition coefficient (Wildman–Crippen LogP) is 7.53. The largest absolute Gasteiger partial charge is 1.00 e. The number of thiocarbonyl (C=S) groups is 1. The third-order valence-electron chi connectivity index (χ3n) is 6.82. The summed E-state index contributed by atoms with van der Waals surface area (Å²) in [5.74, 6) is 0. The van der Waals surface area contributed by atoms with Crippen molar-refractivity contribution in [3.05, 3.63) is 0 Å². The fraction of sp³-hybridized carbons (Fsp3) is 0.966. The average Bonchev–Trinajstić information content (AvgIpc) is 2.78. The Morgan fingerprint density at radius 3 is 0.879 bits per heavy atom. The van der Waals surface area contributed by atoms with Crippen molar-refractivity contribution in [1.29, 1.82) is 0 Å². The molecule has 0 bridgehead atoms. The number of hydrogen-bond acceptors (Lipinski definition) is 2. The molecule has 0 radical (unpaired) electrons. The molecule has 4 heteroatoms. The zero-order valence-corrected chi connectivity index (χ0v) is 26.8. The summed E-state index contributed by atoms with van der Waals surface area (Å²) in [4.78, 5) is 2.29. The van der Waals surface area contributed by atoms with Crippen LogP contribution in [-0.2, 0) is 12.6 Å². The Labute approximate surface area is 243 Å². The van der Waals surface area contributed by atoms with Crippen LogP contribution in [0.2, 0.25) is 0 Å². The van der Waals surface area contributed by atoms with E-state index in [1.165, 1.54) is 154 Å². The molecular formula is C29H58NNaS2. The molecule has 1 nitrogen and oxygen atoms in total. The smallest absolute Gasteiger partial charge is 0.411 e. The Morgan fingerprint density at radius 1 is 0.455 bits per heavy atom. The van der Waals surface area contributed by atoms with Crippen LogP contribution in [0.4, 0.5) is 0 Å². The molecule has 0 amide bonds. The van der Waals surface area contributed by atoms with Crippen molar-refractivity contribution in [2.45, 2.75) is 168 Å². The molecule has 0 aliphatic heterocycles. The van der Waals surface area contributed by atoms with Crippen LogP contribution in [0.5, 0.6) is 0 Å². The molecule has 0 fully saturated rings. The van der Waals surface area contributed by atoms with Gasteiger partial charge in [0.1, 0.15) is 0 Å². The first-order valence-electron chi connectivity index (χ1n) is 14.7. The van der Waals surface area contributed by atoms with Crippen LogP contribution in [0.15, 0.2) is 0 Å². The van der Waals surface area contributed by atoms with E-state index in [0.717, 1.165) is 13.1 Å². The SMILES string of the molecule is CCCCCCCCCCCCCCN(CCCCCCCCCCCCCC)C(=S)[S-].[Na+]. The predicted molar refractivity (Wildman–Crippen MR) is 154 cm³/mol. The van der Waals surface area contributed by atoms with E-state index in [0.29, 0.717) is 4.32 Å². The van der Waals surface area contributed by atoms with Gasteiger partial charge in [0, 0.05) is 13.1 Å². The summed E-state index contributed by atoms with van der Waals surface area (Å²) in [5.41, 5.74) is 0. The number of unbranched alkanes of at least 4 members (excludes halogenated alkanes) is 22. The molecule has 0 aromatic heterocycles. The van der Waals surface area contributed by atoms with Gasteiger partial charge in [-0.15, -0.1) is 0 Å². The molecule has 0 aromatic rings. The third-order valence-corrected chi connectivity index (χ3v) is 7.34. The van der Waals surface area contributed by atoms with Crippen LogP contribution in [0, 0.1) is 0 Å². The maximum absolute atomic E-state index is 5.33. The average molecular weight is 508 g/mol. The number of hydrogen-bond donors (Lipinski definition) is 0. The Kier molecular flexibility index (Phi) is 34.2. The monoisotopic (exact) mass is 507 g/mol.